The fourth-order valence-electron chi connectivity index (χ4n) is 3.58. The predicted octanol–water partition coefficient (Wildman–Crippen LogP) is 4.06. The van der Waals surface area contributed by atoms with Crippen LogP contribution in [0, 0.1) is 13.8 Å². The Hall–Kier alpha value is -3.93. The highest BCUT2D eigenvalue weighted by atomic mass is 16.1. The van der Waals surface area contributed by atoms with Crippen LogP contribution in [0.15, 0.2) is 79.4 Å². The first-order chi connectivity index (χ1) is 15.1. The van der Waals surface area contributed by atoms with E-state index in [0.717, 1.165) is 40.3 Å². The van der Waals surface area contributed by atoms with Crippen molar-refractivity contribution in [1.82, 2.24) is 24.6 Å². The Morgan fingerprint density at radius 2 is 1.77 bits per heavy atom. The van der Waals surface area contributed by atoms with Crippen molar-refractivity contribution in [3.8, 4) is 5.69 Å². The molecule has 0 aliphatic rings. The topological polar surface area (TPSA) is 64.7 Å². The Kier molecular flexibility index (Phi) is 6.08. The molecule has 1 amide bonds. The molecule has 0 atom stereocenters. The minimum absolute atomic E-state index is 0.135. The molecule has 0 bridgehead atoms. The molecule has 31 heavy (non-hydrogen) atoms. The third-order valence-electron chi connectivity index (χ3n) is 5.23. The molecule has 2 heterocycles. The summed E-state index contributed by atoms with van der Waals surface area (Å²) in [6.07, 6.45) is 8.89. The van der Waals surface area contributed by atoms with Crippen molar-refractivity contribution in [2.24, 2.45) is 0 Å². The summed E-state index contributed by atoms with van der Waals surface area (Å²) in [5.41, 5.74) is 6.08. The average Bonchev–Trinajstić information content (AvgIpc) is 3.40. The summed E-state index contributed by atoms with van der Waals surface area (Å²) in [6, 6.07) is 18.1. The monoisotopic (exact) mass is 411 g/mol. The molecule has 2 aromatic carbocycles. The Morgan fingerprint density at radius 3 is 2.52 bits per heavy atom. The molecule has 0 aliphatic carbocycles. The molecule has 0 fully saturated rings. The standard InChI is InChI=1S/C25H25N5O/c1-19-24(20(2)30(28-19)23-10-4-3-5-11-23)12-13-25(31)27-16-21-8-6-7-9-22(21)17-29-15-14-26-18-29/h3-15,18H,16-17H2,1-2H3,(H,27,31)/b13-12+. The molecule has 0 unspecified atom stereocenters. The number of carbonyl (C=O) groups is 1. The third-order valence-corrected chi connectivity index (χ3v) is 5.23. The highest BCUT2D eigenvalue weighted by molar-refractivity contribution is 5.92. The van der Waals surface area contributed by atoms with E-state index in [1.807, 2.05) is 83.9 Å². The van der Waals surface area contributed by atoms with E-state index >= 15 is 0 Å². The van der Waals surface area contributed by atoms with Gasteiger partial charge in [0.25, 0.3) is 0 Å². The summed E-state index contributed by atoms with van der Waals surface area (Å²) in [5.74, 6) is -0.135. The first-order valence-corrected chi connectivity index (χ1v) is 10.2. The van der Waals surface area contributed by atoms with Crippen molar-refractivity contribution in [2.45, 2.75) is 26.9 Å². The average molecular weight is 412 g/mol. The van der Waals surface area contributed by atoms with Gasteiger partial charge < -0.3 is 9.88 Å². The maximum atomic E-state index is 12.5. The molecule has 0 spiro atoms. The molecule has 0 saturated heterocycles. The summed E-state index contributed by atoms with van der Waals surface area (Å²) < 4.78 is 3.91. The van der Waals surface area contributed by atoms with Crippen LogP contribution in [0.5, 0.6) is 0 Å². The van der Waals surface area contributed by atoms with Gasteiger partial charge in [-0.15, -0.1) is 0 Å². The zero-order valence-electron chi connectivity index (χ0n) is 17.7. The fourth-order valence-corrected chi connectivity index (χ4v) is 3.58. The van der Waals surface area contributed by atoms with E-state index in [9.17, 15) is 4.79 Å². The maximum absolute atomic E-state index is 12.5. The van der Waals surface area contributed by atoms with Crippen molar-refractivity contribution in [1.29, 1.82) is 0 Å². The van der Waals surface area contributed by atoms with Crippen LogP contribution in [0.2, 0.25) is 0 Å². The Bertz CT molecular complexity index is 1190. The lowest BCUT2D eigenvalue weighted by Gasteiger charge is -2.10. The number of para-hydroxylation sites is 1. The Labute approximate surface area is 181 Å². The van der Waals surface area contributed by atoms with Crippen molar-refractivity contribution in [2.75, 3.05) is 0 Å². The summed E-state index contributed by atoms with van der Waals surface area (Å²) in [6.45, 7) is 5.15. The zero-order valence-corrected chi connectivity index (χ0v) is 17.7. The molecule has 2 aromatic heterocycles. The molecule has 4 aromatic rings. The number of hydrogen-bond donors (Lipinski definition) is 1. The molecular formula is C25H25N5O. The van der Waals surface area contributed by atoms with Crippen LogP contribution in [-0.4, -0.2) is 25.2 Å². The second-order valence-corrected chi connectivity index (χ2v) is 7.39. The molecule has 6 heteroatoms. The van der Waals surface area contributed by atoms with Gasteiger partial charge in [0.05, 0.1) is 17.7 Å². The number of aromatic nitrogens is 4. The molecular weight excluding hydrogens is 386 g/mol. The largest absolute Gasteiger partial charge is 0.348 e. The van der Waals surface area contributed by atoms with Crippen LogP contribution in [0.1, 0.15) is 28.1 Å². The molecule has 156 valence electrons. The first-order valence-electron chi connectivity index (χ1n) is 10.2. The van der Waals surface area contributed by atoms with E-state index in [0.29, 0.717) is 6.54 Å². The van der Waals surface area contributed by atoms with E-state index in [4.69, 9.17) is 0 Å². The van der Waals surface area contributed by atoms with E-state index in [-0.39, 0.29) is 5.91 Å². The normalized spacial score (nSPS) is 11.2. The summed E-state index contributed by atoms with van der Waals surface area (Å²) >= 11 is 0. The second kappa shape index (κ2) is 9.26. The minimum Gasteiger partial charge on any atom is -0.348 e. The fraction of sp³-hybridized carbons (Fsp3) is 0.160. The molecule has 0 radical (unpaired) electrons. The highest BCUT2D eigenvalue weighted by Crippen LogP contribution is 2.19. The van der Waals surface area contributed by atoms with Crippen LogP contribution in [0.4, 0.5) is 0 Å². The highest BCUT2D eigenvalue weighted by Gasteiger charge is 2.11. The van der Waals surface area contributed by atoms with E-state index in [2.05, 4.69) is 21.5 Å². The molecule has 1 N–H and O–H groups in total. The van der Waals surface area contributed by atoms with Gasteiger partial charge in [0.15, 0.2) is 0 Å². The van der Waals surface area contributed by atoms with Gasteiger partial charge in [0.1, 0.15) is 0 Å². The maximum Gasteiger partial charge on any atom is 0.244 e. The number of rotatable bonds is 7. The zero-order chi connectivity index (χ0) is 21.6. The molecule has 6 nitrogen and oxygen atoms in total. The second-order valence-electron chi connectivity index (χ2n) is 7.39. The Balaban J connectivity index is 1.43. The summed E-state index contributed by atoms with van der Waals surface area (Å²) in [4.78, 5) is 16.6. The number of amides is 1. The quantitative estimate of drug-likeness (QED) is 0.467. The van der Waals surface area contributed by atoms with Gasteiger partial charge in [0, 0.05) is 42.8 Å². The van der Waals surface area contributed by atoms with Crippen molar-refractivity contribution in [3.63, 3.8) is 0 Å². The number of benzene rings is 2. The van der Waals surface area contributed by atoms with Crippen molar-refractivity contribution >= 4 is 12.0 Å². The van der Waals surface area contributed by atoms with Crippen molar-refractivity contribution in [3.05, 3.63) is 107 Å². The van der Waals surface area contributed by atoms with Crippen LogP contribution in [0.3, 0.4) is 0 Å². The minimum atomic E-state index is -0.135. The number of imidazole rings is 1. The lowest BCUT2D eigenvalue weighted by atomic mass is 10.1. The van der Waals surface area contributed by atoms with Crippen molar-refractivity contribution < 1.29 is 4.79 Å². The SMILES string of the molecule is Cc1nn(-c2ccccc2)c(C)c1/C=C/C(=O)NCc1ccccc1Cn1ccnc1. The van der Waals surface area contributed by atoms with E-state index in [1.165, 1.54) is 0 Å². The number of nitrogens with zero attached hydrogens (tertiary/aromatic N) is 4. The Morgan fingerprint density at radius 1 is 1.03 bits per heavy atom. The third kappa shape index (κ3) is 4.80. The lowest BCUT2D eigenvalue weighted by molar-refractivity contribution is -0.116. The smallest absolute Gasteiger partial charge is 0.244 e. The summed E-state index contributed by atoms with van der Waals surface area (Å²) in [7, 11) is 0. The van der Waals surface area contributed by atoms with Gasteiger partial charge in [-0.25, -0.2) is 9.67 Å². The number of carbonyl (C=O) groups excluding carboxylic acids is 1. The van der Waals surface area contributed by atoms with E-state index < -0.39 is 0 Å². The number of nitrogens with one attached hydrogen (secondary N) is 1. The number of hydrogen-bond acceptors (Lipinski definition) is 3. The van der Waals surface area contributed by atoms with Crippen LogP contribution >= 0.6 is 0 Å². The molecule has 0 aliphatic heterocycles. The summed E-state index contributed by atoms with van der Waals surface area (Å²) in [5, 5.41) is 7.61. The molecule has 4 rings (SSSR count). The van der Waals surface area contributed by atoms with Crippen LogP contribution < -0.4 is 5.32 Å². The van der Waals surface area contributed by atoms with Gasteiger partial charge in [-0.3, -0.25) is 4.79 Å². The number of aryl methyl sites for hydroxylation is 1. The van der Waals surface area contributed by atoms with Gasteiger partial charge in [0.2, 0.25) is 5.91 Å². The molecule has 0 saturated carbocycles. The van der Waals surface area contributed by atoms with Gasteiger partial charge in [-0.2, -0.15) is 5.10 Å². The van der Waals surface area contributed by atoms with Gasteiger partial charge >= 0.3 is 0 Å². The van der Waals surface area contributed by atoms with Gasteiger partial charge in [-0.05, 0) is 43.2 Å². The van der Waals surface area contributed by atoms with E-state index in [1.54, 1.807) is 18.6 Å². The lowest BCUT2D eigenvalue weighted by Crippen LogP contribution is -2.21. The van der Waals surface area contributed by atoms with Gasteiger partial charge in [-0.1, -0.05) is 42.5 Å². The first kappa shape index (κ1) is 20.3. The van der Waals surface area contributed by atoms with Crippen LogP contribution in [-0.2, 0) is 17.9 Å². The predicted molar refractivity (Wildman–Crippen MR) is 122 cm³/mol. The van der Waals surface area contributed by atoms with Crippen LogP contribution in [0.25, 0.3) is 11.8 Å².